The van der Waals surface area contributed by atoms with Gasteiger partial charge in [-0.05, 0) is 42.0 Å². The number of hydrogen-bond donors (Lipinski definition) is 0. The number of thioether (sulfide) groups is 1. The molecule has 0 bridgehead atoms. The number of rotatable bonds is 9. The molecule has 0 spiro atoms. The summed E-state index contributed by atoms with van der Waals surface area (Å²) in [5, 5.41) is 0. The van der Waals surface area contributed by atoms with Crippen molar-refractivity contribution >= 4 is 23.6 Å². The Bertz CT molecular complexity index is 1110. The first-order valence-electron chi connectivity index (χ1n) is 11.5. The lowest BCUT2D eigenvalue weighted by Gasteiger charge is -2.25. The molecule has 3 aromatic rings. The van der Waals surface area contributed by atoms with Crippen LogP contribution in [0.4, 0.5) is 0 Å². The molecule has 182 valence electrons. The van der Waals surface area contributed by atoms with Crippen molar-refractivity contribution < 1.29 is 19.1 Å². The van der Waals surface area contributed by atoms with Gasteiger partial charge >= 0.3 is 0 Å². The molecule has 1 fully saturated rings. The third-order valence-corrected chi connectivity index (χ3v) is 6.68. The number of pyridine rings is 1. The summed E-state index contributed by atoms with van der Waals surface area (Å²) in [7, 11) is 1.63. The van der Waals surface area contributed by atoms with E-state index in [-0.39, 0.29) is 30.2 Å². The zero-order valence-corrected chi connectivity index (χ0v) is 20.5. The zero-order chi connectivity index (χ0) is 24.5. The molecule has 0 aliphatic carbocycles. The number of benzene rings is 2. The topological polar surface area (TPSA) is 72.0 Å². The van der Waals surface area contributed by atoms with Gasteiger partial charge in [-0.3, -0.25) is 14.6 Å². The molecule has 1 unspecified atom stereocenters. The quantitative estimate of drug-likeness (QED) is 0.426. The van der Waals surface area contributed by atoms with Gasteiger partial charge in [0, 0.05) is 24.2 Å². The average molecular weight is 492 g/mol. The van der Waals surface area contributed by atoms with Crippen molar-refractivity contribution in [2.75, 3.05) is 32.5 Å². The van der Waals surface area contributed by atoms with Crippen LogP contribution in [0.1, 0.15) is 11.3 Å². The molecule has 1 aliphatic rings. The van der Waals surface area contributed by atoms with E-state index in [0.717, 1.165) is 21.9 Å². The van der Waals surface area contributed by atoms with E-state index in [2.05, 4.69) is 4.98 Å². The van der Waals surface area contributed by atoms with Crippen LogP contribution in [0.25, 0.3) is 0 Å². The van der Waals surface area contributed by atoms with Crippen molar-refractivity contribution in [2.45, 2.75) is 24.2 Å². The molecule has 35 heavy (non-hydrogen) atoms. The Hall–Kier alpha value is -3.36. The van der Waals surface area contributed by atoms with Gasteiger partial charge in [0.05, 0.1) is 44.4 Å². The van der Waals surface area contributed by atoms with E-state index in [1.807, 2.05) is 72.8 Å². The Morgan fingerprint density at radius 3 is 2.66 bits per heavy atom. The summed E-state index contributed by atoms with van der Waals surface area (Å²) in [6.07, 6.45) is 1.38. The second kappa shape index (κ2) is 12.4. The molecule has 2 amide bonds. The van der Waals surface area contributed by atoms with E-state index in [0.29, 0.717) is 26.2 Å². The van der Waals surface area contributed by atoms with Crippen LogP contribution in [-0.4, -0.2) is 65.2 Å². The van der Waals surface area contributed by atoms with Gasteiger partial charge in [-0.2, -0.15) is 0 Å². The third kappa shape index (κ3) is 7.31. The van der Waals surface area contributed by atoms with Gasteiger partial charge in [0.1, 0.15) is 5.75 Å². The van der Waals surface area contributed by atoms with Gasteiger partial charge in [-0.25, -0.2) is 0 Å². The number of carbonyl (C=O) groups excluding carboxylic acids is 2. The van der Waals surface area contributed by atoms with Crippen LogP contribution in [0.2, 0.25) is 0 Å². The maximum Gasteiger partial charge on any atom is 0.242 e. The maximum absolute atomic E-state index is 13.1. The van der Waals surface area contributed by atoms with Crippen molar-refractivity contribution in [1.82, 2.24) is 14.8 Å². The van der Waals surface area contributed by atoms with Gasteiger partial charge in [0.25, 0.3) is 0 Å². The molecule has 1 aliphatic heterocycles. The molecule has 0 N–H and O–H groups in total. The van der Waals surface area contributed by atoms with Gasteiger partial charge < -0.3 is 19.3 Å². The van der Waals surface area contributed by atoms with Gasteiger partial charge in [-0.1, -0.05) is 36.4 Å². The van der Waals surface area contributed by atoms with Crippen LogP contribution >= 0.6 is 11.8 Å². The molecule has 2 heterocycles. The highest BCUT2D eigenvalue weighted by atomic mass is 32.2. The standard InChI is InChI=1S/C27H29N3O4S/c1-33-23-10-7-8-21(14-23)19-34-24-16-29(15-22-9-5-6-13-28-22)26(31)18-30(17-24)27(32)20-35-25-11-3-2-4-12-25/h2-14,24H,15-20H2,1H3. The Morgan fingerprint density at radius 1 is 1.06 bits per heavy atom. The first-order chi connectivity index (χ1) is 17.1. The second-order valence-corrected chi connectivity index (χ2v) is 9.30. The minimum atomic E-state index is -0.331. The summed E-state index contributed by atoms with van der Waals surface area (Å²) in [5.41, 5.74) is 1.76. The molecule has 0 saturated carbocycles. The summed E-state index contributed by atoms with van der Waals surface area (Å²) in [5.74, 6) is 0.830. The number of ether oxygens (including phenoxy) is 2. The Labute approximate surface area is 210 Å². The zero-order valence-electron chi connectivity index (χ0n) is 19.7. The minimum Gasteiger partial charge on any atom is -0.497 e. The van der Waals surface area contributed by atoms with Crippen molar-refractivity contribution in [3.63, 3.8) is 0 Å². The molecule has 2 aromatic carbocycles. The largest absolute Gasteiger partial charge is 0.497 e. The Balaban J connectivity index is 1.46. The SMILES string of the molecule is COc1cccc(COC2CN(C(=O)CSc3ccccc3)CC(=O)N(Cc3ccccn3)C2)c1. The Morgan fingerprint density at radius 2 is 1.89 bits per heavy atom. The molecular formula is C27H29N3O4S. The molecule has 8 heteroatoms. The smallest absolute Gasteiger partial charge is 0.242 e. The van der Waals surface area contributed by atoms with Crippen LogP contribution in [0.3, 0.4) is 0 Å². The van der Waals surface area contributed by atoms with E-state index < -0.39 is 0 Å². The maximum atomic E-state index is 13.1. The van der Waals surface area contributed by atoms with Crippen molar-refractivity contribution in [3.8, 4) is 5.75 Å². The number of nitrogens with zero attached hydrogens (tertiary/aromatic N) is 3. The van der Waals surface area contributed by atoms with Gasteiger partial charge in [0.2, 0.25) is 11.8 Å². The fraction of sp³-hybridized carbons (Fsp3) is 0.296. The molecular weight excluding hydrogens is 462 g/mol. The second-order valence-electron chi connectivity index (χ2n) is 8.26. The first kappa shape index (κ1) is 24.8. The van der Waals surface area contributed by atoms with E-state index in [9.17, 15) is 9.59 Å². The predicted octanol–water partition coefficient (Wildman–Crippen LogP) is 3.64. The van der Waals surface area contributed by atoms with Gasteiger partial charge in [0.15, 0.2) is 0 Å². The summed E-state index contributed by atoms with van der Waals surface area (Å²) in [6.45, 7) is 1.49. The van der Waals surface area contributed by atoms with Crippen LogP contribution in [-0.2, 0) is 27.5 Å². The van der Waals surface area contributed by atoms with Crippen LogP contribution in [0, 0.1) is 0 Å². The summed E-state index contributed by atoms with van der Waals surface area (Å²) < 4.78 is 11.5. The monoisotopic (exact) mass is 491 g/mol. The number of methoxy groups -OCH3 is 1. The first-order valence-corrected chi connectivity index (χ1v) is 12.5. The number of amides is 2. The van der Waals surface area contributed by atoms with Crippen molar-refractivity contribution in [2.24, 2.45) is 0 Å². The minimum absolute atomic E-state index is 0.0278. The predicted molar refractivity (Wildman–Crippen MR) is 135 cm³/mol. The van der Waals surface area contributed by atoms with E-state index in [1.54, 1.807) is 23.1 Å². The molecule has 7 nitrogen and oxygen atoms in total. The van der Waals surface area contributed by atoms with Crippen LogP contribution in [0.5, 0.6) is 5.75 Å². The molecule has 0 radical (unpaired) electrons. The number of carbonyl (C=O) groups is 2. The van der Waals surface area contributed by atoms with E-state index in [1.165, 1.54) is 11.8 Å². The highest BCUT2D eigenvalue weighted by Gasteiger charge is 2.31. The molecule has 1 saturated heterocycles. The van der Waals surface area contributed by atoms with Crippen molar-refractivity contribution in [1.29, 1.82) is 0 Å². The average Bonchev–Trinajstić information content (AvgIpc) is 3.06. The highest BCUT2D eigenvalue weighted by Crippen LogP contribution is 2.20. The lowest BCUT2D eigenvalue weighted by molar-refractivity contribution is -0.137. The highest BCUT2D eigenvalue weighted by molar-refractivity contribution is 8.00. The van der Waals surface area contributed by atoms with E-state index in [4.69, 9.17) is 9.47 Å². The number of hydrogen-bond acceptors (Lipinski definition) is 6. The Kier molecular flexibility index (Phi) is 8.75. The lowest BCUT2D eigenvalue weighted by atomic mass is 10.2. The number of aromatic nitrogens is 1. The van der Waals surface area contributed by atoms with Crippen molar-refractivity contribution in [3.05, 3.63) is 90.3 Å². The van der Waals surface area contributed by atoms with Crippen LogP contribution < -0.4 is 4.74 Å². The molecule has 1 atom stereocenters. The molecule has 4 rings (SSSR count). The van der Waals surface area contributed by atoms with E-state index >= 15 is 0 Å². The lowest BCUT2D eigenvalue weighted by Crippen LogP contribution is -2.40. The summed E-state index contributed by atoms with van der Waals surface area (Å²) in [6, 6.07) is 23.1. The third-order valence-electron chi connectivity index (χ3n) is 5.68. The summed E-state index contributed by atoms with van der Waals surface area (Å²) in [4.78, 5) is 35.0. The molecule has 1 aromatic heterocycles. The fourth-order valence-corrected chi connectivity index (χ4v) is 4.67. The summed E-state index contributed by atoms with van der Waals surface area (Å²) >= 11 is 1.47. The van der Waals surface area contributed by atoms with Crippen LogP contribution in [0.15, 0.2) is 83.9 Å². The van der Waals surface area contributed by atoms with Gasteiger partial charge in [-0.15, -0.1) is 11.8 Å². The normalized spacial score (nSPS) is 16.1. The fourth-order valence-electron chi connectivity index (χ4n) is 3.84.